The molecule has 9 nitrogen and oxygen atoms in total. The number of carbonyl (C=O) groups is 3. The Bertz CT molecular complexity index is 1510. The van der Waals surface area contributed by atoms with Crippen LogP contribution in [0.15, 0.2) is 60.7 Å². The fourth-order valence-electron chi connectivity index (χ4n) is 5.89. The van der Waals surface area contributed by atoms with Crippen molar-refractivity contribution in [1.82, 2.24) is 5.32 Å². The number of rotatable bonds is 5. The van der Waals surface area contributed by atoms with E-state index < -0.39 is 41.2 Å². The normalized spacial score (nSPS) is 25.6. The number of hydrogen-bond acceptors (Lipinski definition) is 7. The van der Waals surface area contributed by atoms with E-state index in [1.807, 2.05) is 6.92 Å². The lowest BCUT2D eigenvalue weighted by Gasteiger charge is -2.31. The summed E-state index contributed by atoms with van der Waals surface area (Å²) in [5.74, 6) is -3.52. The molecule has 3 heterocycles. The highest BCUT2D eigenvalue weighted by Crippen LogP contribution is 2.52. The first-order valence-corrected chi connectivity index (χ1v) is 12.9. The van der Waals surface area contributed by atoms with Gasteiger partial charge in [0.1, 0.15) is 24.5 Å². The molecule has 0 radical (unpaired) electrons. The van der Waals surface area contributed by atoms with Crippen molar-refractivity contribution in [2.75, 3.05) is 18.1 Å². The molecule has 0 aliphatic carbocycles. The first-order valence-electron chi connectivity index (χ1n) is 12.5. The van der Waals surface area contributed by atoms with Crippen molar-refractivity contribution in [2.24, 2.45) is 11.8 Å². The zero-order chi connectivity index (χ0) is 27.5. The van der Waals surface area contributed by atoms with Gasteiger partial charge in [0.25, 0.3) is 0 Å². The Balaban J connectivity index is 1.49. The standard InChI is InChI=1S/C29H25ClN2O7/c1-15-2-6-18(13-20(15)30)32-26(34)23-24(27(32)35)29(28(36)37,14-16-3-7-19(33)8-4-16)31-25(23)17-5-9-21-22(12-17)39-11-10-38-21/h2-9,12-13,23-25,31,33H,10-11,14H2,1H3,(H,36,37). The van der Waals surface area contributed by atoms with Crippen LogP contribution in [0.5, 0.6) is 17.2 Å². The van der Waals surface area contributed by atoms with Gasteiger partial charge in [0, 0.05) is 17.5 Å². The Morgan fingerprint density at radius 1 is 1.03 bits per heavy atom. The van der Waals surface area contributed by atoms with Gasteiger partial charge in [-0.2, -0.15) is 0 Å². The van der Waals surface area contributed by atoms with Gasteiger partial charge >= 0.3 is 5.97 Å². The Hall–Kier alpha value is -4.08. The van der Waals surface area contributed by atoms with Gasteiger partial charge < -0.3 is 19.7 Å². The predicted octanol–water partition coefficient (Wildman–Crippen LogP) is 3.64. The molecule has 0 saturated carbocycles. The molecule has 0 bridgehead atoms. The molecule has 2 fully saturated rings. The maximum absolute atomic E-state index is 14.0. The first kappa shape index (κ1) is 25.2. The molecule has 4 atom stereocenters. The average molecular weight is 549 g/mol. The van der Waals surface area contributed by atoms with Crippen LogP contribution in [0.3, 0.4) is 0 Å². The van der Waals surface area contributed by atoms with Gasteiger partial charge in [-0.05, 0) is 60.0 Å². The number of hydrogen-bond donors (Lipinski definition) is 3. The number of carboxylic acid groups (broad SMARTS) is 1. The van der Waals surface area contributed by atoms with Crippen molar-refractivity contribution in [3.05, 3.63) is 82.4 Å². The van der Waals surface area contributed by atoms with E-state index in [9.17, 15) is 24.6 Å². The summed E-state index contributed by atoms with van der Waals surface area (Å²) in [6.45, 7) is 2.58. The van der Waals surface area contributed by atoms with E-state index in [4.69, 9.17) is 21.1 Å². The number of nitrogens with one attached hydrogen (secondary N) is 1. The first-order chi connectivity index (χ1) is 18.7. The Labute approximate surface area is 228 Å². The molecule has 2 saturated heterocycles. The van der Waals surface area contributed by atoms with Crippen LogP contribution in [0.1, 0.15) is 22.7 Å². The second kappa shape index (κ2) is 9.29. The van der Waals surface area contributed by atoms with Crippen molar-refractivity contribution in [3.63, 3.8) is 0 Å². The molecule has 3 aliphatic rings. The van der Waals surface area contributed by atoms with Crippen LogP contribution in [0.2, 0.25) is 5.02 Å². The number of carboxylic acids is 1. The summed E-state index contributed by atoms with van der Waals surface area (Å²) >= 11 is 6.32. The second-order valence-electron chi connectivity index (χ2n) is 10.1. The number of phenols is 1. The van der Waals surface area contributed by atoms with Crippen LogP contribution in [0.25, 0.3) is 0 Å². The lowest BCUT2D eigenvalue weighted by molar-refractivity contribution is -0.148. The highest BCUT2D eigenvalue weighted by Gasteiger charge is 2.68. The Morgan fingerprint density at radius 3 is 2.44 bits per heavy atom. The second-order valence-corrected chi connectivity index (χ2v) is 10.5. The number of anilines is 1. The van der Waals surface area contributed by atoms with Crippen LogP contribution < -0.4 is 19.7 Å². The van der Waals surface area contributed by atoms with Crippen molar-refractivity contribution in [3.8, 4) is 17.2 Å². The number of phenolic OH excluding ortho intramolecular Hbond substituents is 1. The molecule has 3 aromatic carbocycles. The SMILES string of the molecule is Cc1ccc(N2C(=O)C3C(c4ccc5c(c4)OCCO5)NC(Cc4ccc(O)cc4)(C(=O)O)C3C2=O)cc1Cl. The van der Waals surface area contributed by atoms with Crippen LogP contribution in [0, 0.1) is 18.8 Å². The lowest BCUT2D eigenvalue weighted by Crippen LogP contribution is -2.57. The summed E-state index contributed by atoms with van der Waals surface area (Å²) in [5.41, 5.74) is 0.451. The molecule has 3 N–H and O–H groups in total. The minimum absolute atomic E-state index is 0.0316. The molecule has 2 amide bonds. The van der Waals surface area contributed by atoms with E-state index in [0.29, 0.717) is 46.5 Å². The minimum Gasteiger partial charge on any atom is -0.508 e. The van der Waals surface area contributed by atoms with Gasteiger partial charge in [-0.3, -0.25) is 19.7 Å². The molecule has 200 valence electrons. The molecule has 3 aliphatic heterocycles. The highest BCUT2D eigenvalue weighted by molar-refractivity contribution is 6.32. The molecular formula is C29H25ClN2O7. The summed E-state index contributed by atoms with van der Waals surface area (Å²) in [6.07, 6.45) is -0.0909. The number of benzene rings is 3. The van der Waals surface area contributed by atoms with E-state index in [1.165, 1.54) is 12.1 Å². The van der Waals surface area contributed by atoms with Crippen LogP contribution in [-0.4, -0.2) is 46.7 Å². The van der Waals surface area contributed by atoms with E-state index in [2.05, 4.69) is 5.32 Å². The van der Waals surface area contributed by atoms with Crippen LogP contribution in [0.4, 0.5) is 5.69 Å². The fourth-order valence-corrected chi connectivity index (χ4v) is 6.06. The molecule has 39 heavy (non-hydrogen) atoms. The van der Waals surface area contributed by atoms with Crippen molar-refractivity contribution in [1.29, 1.82) is 0 Å². The van der Waals surface area contributed by atoms with Gasteiger partial charge in [-0.15, -0.1) is 0 Å². The third kappa shape index (κ3) is 4.00. The summed E-state index contributed by atoms with van der Waals surface area (Å²) in [4.78, 5) is 42.2. The molecule has 3 aromatic rings. The van der Waals surface area contributed by atoms with E-state index >= 15 is 0 Å². The Morgan fingerprint density at radius 2 is 1.74 bits per heavy atom. The topological polar surface area (TPSA) is 125 Å². The van der Waals surface area contributed by atoms with Crippen molar-refractivity contribution >= 4 is 35.1 Å². The number of ether oxygens (including phenoxy) is 2. The minimum atomic E-state index is -1.81. The third-order valence-electron chi connectivity index (χ3n) is 7.79. The van der Waals surface area contributed by atoms with Crippen LogP contribution >= 0.6 is 11.6 Å². The zero-order valence-electron chi connectivity index (χ0n) is 20.9. The summed E-state index contributed by atoms with van der Waals surface area (Å²) in [5, 5.41) is 24.0. The Kier molecular flexibility index (Phi) is 6.00. The van der Waals surface area contributed by atoms with Gasteiger partial charge in [0.05, 0.1) is 17.5 Å². The lowest BCUT2D eigenvalue weighted by atomic mass is 9.76. The van der Waals surface area contributed by atoms with E-state index in [1.54, 1.807) is 48.5 Å². The average Bonchev–Trinajstić information content (AvgIpc) is 3.40. The molecule has 0 spiro atoms. The number of fused-ring (bicyclic) bond motifs is 2. The van der Waals surface area contributed by atoms with Gasteiger partial charge in [0.15, 0.2) is 11.5 Å². The van der Waals surface area contributed by atoms with Crippen molar-refractivity contribution < 1.29 is 34.1 Å². The number of carbonyl (C=O) groups excluding carboxylic acids is 2. The number of imide groups is 1. The largest absolute Gasteiger partial charge is 0.508 e. The monoisotopic (exact) mass is 548 g/mol. The smallest absolute Gasteiger partial charge is 0.325 e. The van der Waals surface area contributed by atoms with Crippen LogP contribution in [-0.2, 0) is 20.8 Å². The number of aliphatic carboxylic acids is 1. The number of halogens is 1. The number of nitrogens with zero attached hydrogens (tertiary/aromatic N) is 1. The molecule has 4 unspecified atom stereocenters. The van der Waals surface area contributed by atoms with E-state index in [0.717, 1.165) is 10.5 Å². The number of aryl methyl sites for hydroxylation is 1. The highest BCUT2D eigenvalue weighted by atomic mass is 35.5. The summed E-state index contributed by atoms with van der Waals surface area (Å²) in [7, 11) is 0. The third-order valence-corrected chi connectivity index (χ3v) is 8.20. The summed E-state index contributed by atoms with van der Waals surface area (Å²) in [6, 6.07) is 15.4. The maximum atomic E-state index is 14.0. The maximum Gasteiger partial charge on any atom is 0.325 e. The van der Waals surface area contributed by atoms with Gasteiger partial charge in [-0.25, -0.2) is 4.90 Å². The van der Waals surface area contributed by atoms with Gasteiger partial charge in [-0.1, -0.05) is 35.9 Å². The summed E-state index contributed by atoms with van der Waals surface area (Å²) < 4.78 is 11.4. The van der Waals surface area contributed by atoms with Gasteiger partial charge in [0.2, 0.25) is 11.8 Å². The zero-order valence-corrected chi connectivity index (χ0v) is 21.6. The molecule has 0 aromatic heterocycles. The number of aromatic hydroxyl groups is 1. The number of amides is 2. The quantitative estimate of drug-likeness (QED) is 0.413. The van der Waals surface area contributed by atoms with E-state index in [-0.39, 0.29) is 12.2 Å². The molecule has 10 heteroatoms. The molecular weight excluding hydrogens is 524 g/mol. The molecule has 6 rings (SSSR count). The predicted molar refractivity (Wildman–Crippen MR) is 141 cm³/mol. The van der Waals surface area contributed by atoms with Crippen molar-refractivity contribution in [2.45, 2.75) is 24.9 Å². The fraction of sp³-hybridized carbons (Fsp3) is 0.276.